The molecule has 2 N–H and O–H groups in total. The summed E-state index contributed by atoms with van der Waals surface area (Å²) >= 11 is 7.32. The van der Waals surface area contributed by atoms with Gasteiger partial charge in [0.05, 0.1) is 10.7 Å². The lowest BCUT2D eigenvalue weighted by Gasteiger charge is -2.05. The summed E-state index contributed by atoms with van der Waals surface area (Å²) in [7, 11) is 0. The van der Waals surface area contributed by atoms with E-state index in [1.54, 1.807) is 24.2 Å². The molecule has 0 saturated carbocycles. The molecule has 2 aromatic heterocycles. The lowest BCUT2D eigenvalue weighted by atomic mass is 10.2. The molecule has 0 fully saturated rings. The van der Waals surface area contributed by atoms with Crippen LogP contribution in [0.3, 0.4) is 0 Å². The second-order valence-electron chi connectivity index (χ2n) is 3.62. The van der Waals surface area contributed by atoms with E-state index in [9.17, 15) is 0 Å². The summed E-state index contributed by atoms with van der Waals surface area (Å²) in [5, 5.41) is 1.53. The van der Waals surface area contributed by atoms with Crippen LogP contribution in [-0.4, -0.2) is 9.97 Å². The summed E-state index contributed by atoms with van der Waals surface area (Å²) in [5.41, 5.74) is 6.62. The molecule has 0 aromatic carbocycles. The Kier molecular flexibility index (Phi) is 3.99. The molecule has 0 aliphatic rings. The van der Waals surface area contributed by atoms with E-state index in [4.69, 9.17) is 17.3 Å². The largest absolute Gasteiger partial charge is 0.323 e. The Morgan fingerprint density at radius 1 is 1.18 bits per heavy atom. The smallest absolute Gasteiger partial charge is 0.101 e. The molecule has 0 radical (unpaired) electrons. The molecule has 3 nitrogen and oxygen atoms in total. The van der Waals surface area contributed by atoms with E-state index in [2.05, 4.69) is 9.97 Å². The molecule has 88 valence electrons. The third-order valence-electron chi connectivity index (χ3n) is 2.15. The Bertz CT molecular complexity index is 482. The Morgan fingerprint density at radius 3 is 2.53 bits per heavy atom. The SMILES string of the molecule is CC(N)c1ccc(Sc2ccc(Cl)cn2)cn1. The van der Waals surface area contributed by atoms with Gasteiger partial charge in [-0.05, 0) is 31.2 Å². The van der Waals surface area contributed by atoms with Crippen molar-refractivity contribution in [2.45, 2.75) is 22.9 Å². The number of hydrogen-bond donors (Lipinski definition) is 1. The number of rotatable bonds is 3. The van der Waals surface area contributed by atoms with Gasteiger partial charge in [0.15, 0.2) is 0 Å². The van der Waals surface area contributed by atoms with Gasteiger partial charge in [-0.2, -0.15) is 0 Å². The standard InChI is InChI=1S/C12H12ClN3S/c1-8(14)11-4-3-10(7-15-11)17-12-5-2-9(13)6-16-12/h2-8H,14H2,1H3. The monoisotopic (exact) mass is 265 g/mol. The van der Waals surface area contributed by atoms with Gasteiger partial charge in [0.2, 0.25) is 0 Å². The van der Waals surface area contributed by atoms with Gasteiger partial charge in [0.25, 0.3) is 0 Å². The van der Waals surface area contributed by atoms with Crippen LogP contribution in [0, 0.1) is 0 Å². The summed E-state index contributed by atoms with van der Waals surface area (Å²) in [4.78, 5) is 9.53. The molecular weight excluding hydrogens is 254 g/mol. The van der Waals surface area contributed by atoms with E-state index in [0.717, 1.165) is 15.6 Å². The van der Waals surface area contributed by atoms with Gasteiger partial charge in [0.1, 0.15) is 5.03 Å². The minimum atomic E-state index is -0.0392. The maximum atomic E-state index is 5.77. The van der Waals surface area contributed by atoms with Crippen LogP contribution in [0.4, 0.5) is 0 Å². The highest BCUT2D eigenvalue weighted by Crippen LogP contribution is 2.26. The molecule has 1 atom stereocenters. The fourth-order valence-corrected chi connectivity index (χ4v) is 2.10. The van der Waals surface area contributed by atoms with Gasteiger partial charge in [0, 0.05) is 23.3 Å². The molecule has 5 heteroatoms. The zero-order chi connectivity index (χ0) is 12.3. The van der Waals surface area contributed by atoms with Gasteiger partial charge >= 0.3 is 0 Å². The Balaban J connectivity index is 2.11. The first kappa shape index (κ1) is 12.4. The molecule has 17 heavy (non-hydrogen) atoms. The second-order valence-corrected chi connectivity index (χ2v) is 5.15. The average molecular weight is 266 g/mol. The Labute approximate surface area is 109 Å². The molecule has 0 aliphatic carbocycles. The second kappa shape index (κ2) is 5.49. The highest BCUT2D eigenvalue weighted by molar-refractivity contribution is 7.99. The number of pyridine rings is 2. The van der Waals surface area contributed by atoms with Crippen LogP contribution in [-0.2, 0) is 0 Å². The van der Waals surface area contributed by atoms with Crippen molar-refractivity contribution in [2.75, 3.05) is 0 Å². The first-order valence-electron chi connectivity index (χ1n) is 5.16. The Hall–Kier alpha value is -1.10. The third-order valence-corrected chi connectivity index (χ3v) is 3.30. The summed E-state index contributed by atoms with van der Waals surface area (Å²) in [6.07, 6.45) is 3.44. The van der Waals surface area contributed by atoms with Crippen LogP contribution >= 0.6 is 23.4 Å². The van der Waals surface area contributed by atoms with Crippen LogP contribution in [0.5, 0.6) is 0 Å². The molecule has 0 saturated heterocycles. The first-order valence-corrected chi connectivity index (χ1v) is 6.35. The zero-order valence-electron chi connectivity index (χ0n) is 9.30. The highest BCUT2D eigenvalue weighted by Gasteiger charge is 2.02. The number of nitrogens with two attached hydrogens (primary N) is 1. The lowest BCUT2D eigenvalue weighted by Crippen LogP contribution is -2.06. The van der Waals surface area contributed by atoms with Crippen molar-refractivity contribution in [1.29, 1.82) is 0 Å². The van der Waals surface area contributed by atoms with Crippen molar-refractivity contribution < 1.29 is 0 Å². The fourth-order valence-electron chi connectivity index (χ4n) is 1.26. The highest BCUT2D eigenvalue weighted by atomic mass is 35.5. The van der Waals surface area contributed by atoms with Crippen molar-refractivity contribution in [1.82, 2.24) is 9.97 Å². The van der Waals surface area contributed by atoms with E-state index in [1.807, 2.05) is 31.2 Å². The van der Waals surface area contributed by atoms with E-state index < -0.39 is 0 Å². The average Bonchev–Trinajstić information content (AvgIpc) is 2.33. The topological polar surface area (TPSA) is 51.8 Å². The molecule has 2 heterocycles. The van der Waals surface area contributed by atoms with Crippen molar-refractivity contribution >= 4 is 23.4 Å². The molecule has 0 amide bonds. The van der Waals surface area contributed by atoms with Crippen molar-refractivity contribution in [3.8, 4) is 0 Å². The Morgan fingerprint density at radius 2 is 2.00 bits per heavy atom. The van der Waals surface area contributed by atoms with Gasteiger partial charge in [-0.25, -0.2) is 4.98 Å². The molecule has 0 aliphatic heterocycles. The molecule has 0 spiro atoms. The summed E-state index contributed by atoms with van der Waals surface area (Å²) in [6, 6.07) is 7.59. The predicted octanol–water partition coefficient (Wildman–Crippen LogP) is 3.30. The quantitative estimate of drug-likeness (QED) is 0.925. The summed E-state index contributed by atoms with van der Waals surface area (Å²) in [5.74, 6) is 0. The first-order chi connectivity index (χ1) is 8.15. The fraction of sp³-hybridized carbons (Fsp3) is 0.167. The molecule has 0 bridgehead atoms. The van der Waals surface area contributed by atoms with Crippen molar-refractivity contribution in [3.63, 3.8) is 0 Å². The normalized spacial score (nSPS) is 12.4. The van der Waals surface area contributed by atoms with Crippen LogP contribution in [0.15, 0.2) is 46.6 Å². The zero-order valence-corrected chi connectivity index (χ0v) is 10.9. The van der Waals surface area contributed by atoms with Gasteiger partial charge in [-0.3, -0.25) is 4.98 Å². The number of halogens is 1. The minimum absolute atomic E-state index is 0.0392. The predicted molar refractivity (Wildman–Crippen MR) is 70.2 cm³/mol. The van der Waals surface area contributed by atoms with E-state index in [0.29, 0.717) is 5.02 Å². The van der Waals surface area contributed by atoms with E-state index >= 15 is 0 Å². The lowest BCUT2D eigenvalue weighted by molar-refractivity contribution is 0.777. The number of nitrogens with zero attached hydrogens (tertiary/aromatic N) is 2. The van der Waals surface area contributed by atoms with Crippen LogP contribution < -0.4 is 5.73 Å². The van der Waals surface area contributed by atoms with E-state index in [-0.39, 0.29) is 6.04 Å². The maximum absolute atomic E-state index is 5.77. The minimum Gasteiger partial charge on any atom is -0.323 e. The van der Waals surface area contributed by atoms with Gasteiger partial charge < -0.3 is 5.73 Å². The molecule has 1 unspecified atom stereocenters. The summed E-state index contributed by atoms with van der Waals surface area (Å²) in [6.45, 7) is 1.91. The van der Waals surface area contributed by atoms with Gasteiger partial charge in [-0.1, -0.05) is 23.4 Å². The number of aromatic nitrogens is 2. The molecule has 2 rings (SSSR count). The van der Waals surface area contributed by atoms with Crippen molar-refractivity contribution in [2.24, 2.45) is 5.73 Å². The van der Waals surface area contributed by atoms with Gasteiger partial charge in [-0.15, -0.1) is 0 Å². The van der Waals surface area contributed by atoms with Crippen LogP contribution in [0.2, 0.25) is 5.02 Å². The van der Waals surface area contributed by atoms with Crippen LogP contribution in [0.1, 0.15) is 18.7 Å². The summed E-state index contributed by atoms with van der Waals surface area (Å²) < 4.78 is 0. The third kappa shape index (κ3) is 3.43. The van der Waals surface area contributed by atoms with E-state index in [1.165, 1.54) is 0 Å². The molecular formula is C12H12ClN3S. The van der Waals surface area contributed by atoms with Crippen molar-refractivity contribution in [3.05, 3.63) is 47.4 Å². The molecule has 2 aromatic rings. The number of hydrogen-bond acceptors (Lipinski definition) is 4. The maximum Gasteiger partial charge on any atom is 0.101 e. The van der Waals surface area contributed by atoms with Crippen LogP contribution in [0.25, 0.3) is 0 Å².